The highest BCUT2D eigenvalue weighted by Gasteiger charge is 2.14. The topological polar surface area (TPSA) is 81.3 Å². The molecule has 132 valence electrons. The standard InChI is InChI=1S/C19H18N4O3/c1-24-12-6-4-11(5-7-12)22-19-18-17(20-10-21-19)13-8-15(25-2)16(26-3)9-14(13)23-18/h4-10,23H,1-3H3,(H,20,21,22). The third kappa shape index (κ3) is 2.63. The Morgan fingerprint density at radius 3 is 2.31 bits per heavy atom. The van der Waals surface area contributed by atoms with Crippen LogP contribution in [0.5, 0.6) is 17.2 Å². The number of hydrogen-bond donors (Lipinski definition) is 2. The summed E-state index contributed by atoms with van der Waals surface area (Å²) in [6, 6.07) is 11.5. The Morgan fingerprint density at radius 1 is 0.885 bits per heavy atom. The zero-order valence-corrected chi connectivity index (χ0v) is 14.7. The third-order valence-electron chi connectivity index (χ3n) is 4.24. The fourth-order valence-corrected chi connectivity index (χ4v) is 2.93. The Balaban J connectivity index is 1.82. The van der Waals surface area contributed by atoms with Gasteiger partial charge < -0.3 is 24.5 Å². The number of methoxy groups -OCH3 is 3. The van der Waals surface area contributed by atoms with Crippen LogP contribution in [-0.2, 0) is 0 Å². The van der Waals surface area contributed by atoms with Gasteiger partial charge in [-0.3, -0.25) is 0 Å². The van der Waals surface area contributed by atoms with Crippen molar-refractivity contribution in [1.82, 2.24) is 15.0 Å². The highest BCUT2D eigenvalue weighted by atomic mass is 16.5. The minimum absolute atomic E-state index is 0.657. The molecule has 0 saturated carbocycles. The Kier molecular flexibility index (Phi) is 3.96. The van der Waals surface area contributed by atoms with Gasteiger partial charge in [-0.1, -0.05) is 0 Å². The molecule has 2 aromatic heterocycles. The van der Waals surface area contributed by atoms with Crippen LogP contribution in [0.1, 0.15) is 0 Å². The average molecular weight is 350 g/mol. The largest absolute Gasteiger partial charge is 0.497 e. The number of fused-ring (bicyclic) bond motifs is 3. The van der Waals surface area contributed by atoms with E-state index in [0.29, 0.717) is 17.3 Å². The normalized spacial score (nSPS) is 10.9. The predicted octanol–water partition coefficient (Wildman–Crippen LogP) is 3.88. The molecule has 0 amide bonds. The van der Waals surface area contributed by atoms with Crippen molar-refractivity contribution in [2.24, 2.45) is 0 Å². The van der Waals surface area contributed by atoms with Crippen molar-refractivity contribution >= 4 is 33.4 Å². The average Bonchev–Trinajstić information content (AvgIpc) is 3.06. The molecule has 0 bridgehead atoms. The molecule has 2 N–H and O–H groups in total. The molecule has 26 heavy (non-hydrogen) atoms. The van der Waals surface area contributed by atoms with Crippen molar-refractivity contribution in [2.75, 3.05) is 26.6 Å². The smallest absolute Gasteiger partial charge is 0.162 e. The molecule has 2 aromatic carbocycles. The minimum Gasteiger partial charge on any atom is -0.497 e. The van der Waals surface area contributed by atoms with Crippen LogP contribution in [0.4, 0.5) is 11.5 Å². The number of hydrogen-bond acceptors (Lipinski definition) is 6. The van der Waals surface area contributed by atoms with Gasteiger partial charge in [0.2, 0.25) is 0 Å². The van der Waals surface area contributed by atoms with E-state index in [-0.39, 0.29) is 0 Å². The summed E-state index contributed by atoms with van der Waals surface area (Å²) in [5.74, 6) is 2.80. The maximum absolute atomic E-state index is 5.40. The van der Waals surface area contributed by atoms with Crippen LogP contribution in [0, 0.1) is 0 Å². The van der Waals surface area contributed by atoms with Crippen LogP contribution in [0.15, 0.2) is 42.7 Å². The van der Waals surface area contributed by atoms with Crippen LogP contribution < -0.4 is 19.5 Å². The lowest BCUT2D eigenvalue weighted by molar-refractivity contribution is 0.356. The molecule has 7 heteroatoms. The molecular formula is C19H18N4O3. The molecule has 2 heterocycles. The first-order chi connectivity index (χ1) is 12.7. The zero-order valence-electron chi connectivity index (χ0n) is 14.7. The van der Waals surface area contributed by atoms with Gasteiger partial charge in [-0.25, -0.2) is 9.97 Å². The number of aromatic amines is 1. The number of benzene rings is 2. The lowest BCUT2D eigenvalue weighted by atomic mass is 10.2. The van der Waals surface area contributed by atoms with Crippen molar-refractivity contribution in [3.8, 4) is 17.2 Å². The second kappa shape index (κ2) is 6.44. The number of ether oxygens (including phenoxy) is 3. The molecule has 0 saturated heterocycles. The SMILES string of the molecule is COc1ccc(Nc2ncnc3c2[nH]c2cc(OC)c(OC)cc23)cc1. The van der Waals surface area contributed by atoms with Crippen LogP contribution in [0.25, 0.3) is 21.9 Å². The number of H-pyrrole nitrogens is 1. The van der Waals surface area contributed by atoms with E-state index in [1.807, 2.05) is 36.4 Å². The Labute approximate surface area is 149 Å². The highest BCUT2D eigenvalue weighted by molar-refractivity contribution is 6.09. The summed E-state index contributed by atoms with van der Waals surface area (Å²) < 4.78 is 16.0. The van der Waals surface area contributed by atoms with Crippen LogP contribution >= 0.6 is 0 Å². The summed E-state index contributed by atoms with van der Waals surface area (Å²) in [5.41, 5.74) is 3.43. The molecule has 0 radical (unpaired) electrons. The second-order valence-corrected chi connectivity index (χ2v) is 5.68. The number of nitrogens with zero attached hydrogens (tertiary/aromatic N) is 2. The fourth-order valence-electron chi connectivity index (χ4n) is 2.93. The first-order valence-corrected chi connectivity index (χ1v) is 8.03. The van der Waals surface area contributed by atoms with E-state index in [0.717, 1.165) is 33.4 Å². The van der Waals surface area contributed by atoms with Crippen LogP contribution in [0.3, 0.4) is 0 Å². The van der Waals surface area contributed by atoms with Gasteiger partial charge in [-0.05, 0) is 30.3 Å². The van der Waals surface area contributed by atoms with Gasteiger partial charge >= 0.3 is 0 Å². The molecule has 0 spiro atoms. The van der Waals surface area contributed by atoms with Gasteiger partial charge in [0, 0.05) is 17.1 Å². The highest BCUT2D eigenvalue weighted by Crippen LogP contribution is 2.36. The van der Waals surface area contributed by atoms with E-state index in [9.17, 15) is 0 Å². The molecule has 0 atom stereocenters. The summed E-state index contributed by atoms with van der Waals surface area (Å²) in [4.78, 5) is 12.2. The van der Waals surface area contributed by atoms with E-state index < -0.39 is 0 Å². The summed E-state index contributed by atoms with van der Waals surface area (Å²) in [6.45, 7) is 0. The monoisotopic (exact) mass is 350 g/mol. The Morgan fingerprint density at radius 2 is 1.62 bits per heavy atom. The zero-order chi connectivity index (χ0) is 18.1. The van der Waals surface area contributed by atoms with E-state index in [4.69, 9.17) is 14.2 Å². The maximum Gasteiger partial charge on any atom is 0.162 e. The minimum atomic E-state index is 0.657. The van der Waals surface area contributed by atoms with Crippen LogP contribution in [0.2, 0.25) is 0 Å². The van der Waals surface area contributed by atoms with E-state index in [2.05, 4.69) is 20.3 Å². The number of aromatic nitrogens is 3. The molecule has 4 rings (SSSR count). The molecule has 0 aliphatic heterocycles. The molecule has 0 unspecified atom stereocenters. The molecule has 0 fully saturated rings. The van der Waals surface area contributed by atoms with Gasteiger partial charge in [0.15, 0.2) is 17.3 Å². The van der Waals surface area contributed by atoms with Crippen molar-refractivity contribution < 1.29 is 14.2 Å². The van der Waals surface area contributed by atoms with Crippen molar-refractivity contribution in [2.45, 2.75) is 0 Å². The summed E-state index contributed by atoms with van der Waals surface area (Å²) >= 11 is 0. The molecule has 7 nitrogen and oxygen atoms in total. The van der Waals surface area contributed by atoms with Crippen molar-refractivity contribution in [3.63, 3.8) is 0 Å². The third-order valence-corrected chi connectivity index (χ3v) is 4.24. The quantitative estimate of drug-likeness (QED) is 0.568. The predicted molar refractivity (Wildman–Crippen MR) is 101 cm³/mol. The molecular weight excluding hydrogens is 332 g/mol. The molecule has 4 aromatic rings. The maximum atomic E-state index is 5.40. The summed E-state index contributed by atoms with van der Waals surface area (Å²) in [5, 5.41) is 4.26. The Bertz CT molecular complexity index is 1070. The van der Waals surface area contributed by atoms with E-state index >= 15 is 0 Å². The van der Waals surface area contributed by atoms with Gasteiger partial charge in [0.25, 0.3) is 0 Å². The lowest BCUT2D eigenvalue weighted by Gasteiger charge is -2.07. The second-order valence-electron chi connectivity index (χ2n) is 5.68. The number of rotatable bonds is 5. The van der Waals surface area contributed by atoms with Gasteiger partial charge in [-0.2, -0.15) is 0 Å². The van der Waals surface area contributed by atoms with Gasteiger partial charge in [0.1, 0.15) is 23.1 Å². The molecule has 0 aliphatic rings. The summed E-state index contributed by atoms with van der Waals surface area (Å²) in [6.07, 6.45) is 1.54. The Hall–Kier alpha value is -3.48. The fraction of sp³-hybridized carbons (Fsp3) is 0.158. The molecule has 0 aliphatic carbocycles. The van der Waals surface area contributed by atoms with Gasteiger partial charge in [0.05, 0.1) is 26.8 Å². The van der Waals surface area contributed by atoms with Crippen molar-refractivity contribution in [3.05, 3.63) is 42.7 Å². The summed E-state index contributed by atoms with van der Waals surface area (Å²) in [7, 11) is 4.87. The van der Waals surface area contributed by atoms with Crippen LogP contribution in [-0.4, -0.2) is 36.3 Å². The first kappa shape index (κ1) is 16.0. The number of anilines is 2. The number of nitrogens with one attached hydrogen (secondary N) is 2. The first-order valence-electron chi connectivity index (χ1n) is 8.03. The van der Waals surface area contributed by atoms with Crippen molar-refractivity contribution in [1.29, 1.82) is 0 Å². The van der Waals surface area contributed by atoms with E-state index in [1.165, 1.54) is 6.33 Å². The van der Waals surface area contributed by atoms with E-state index in [1.54, 1.807) is 21.3 Å². The van der Waals surface area contributed by atoms with Gasteiger partial charge in [-0.15, -0.1) is 0 Å². The lowest BCUT2D eigenvalue weighted by Crippen LogP contribution is -1.95.